The van der Waals surface area contributed by atoms with Crippen molar-refractivity contribution in [2.75, 3.05) is 6.61 Å². The van der Waals surface area contributed by atoms with Gasteiger partial charge in [0, 0.05) is 11.6 Å². The van der Waals surface area contributed by atoms with E-state index in [9.17, 15) is 4.79 Å². The topological polar surface area (TPSA) is 52.3 Å². The number of nitrogens with zero attached hydrogens (tertiary/aromatic N) is 1. The van der Waals surface area contributed by atoms with Gasteiger partial charge in [0.25, 0.3) is 0 Å². The number of esters is 1. The number of ether oxygens (including phenoxy) is 1. The molecule has 1 aromatic rings. The summed E-state index contributed by atoms with van der Waals surface area (Å²) in [7, 11) is 0. The Bertz CT molecular complexity index is 696. The van der Waals surface area contributed by atoms with Crippen molar-refractivity contribution < 1.29 is 14.1 Å². The zero-order chi connectivity index (χ0) is 17.2. The fourth-order valence-electron chi connectivity index (χ4n) is 2.60. The predicted molar refractivity (Wildman–Crippen MR) is 91.0 cm³/mol. The molecule has 0 N–H and O–H groups in total. The van der Waals surface area contributed by atoms with Gasteiger partial charge in [-0.05, 0) is 38.2 Å². The quantitative estimate of drug-likeness (QED) is 0.741. The predicted octanol–water partition coefficient (Wildman–Crippen LogP) is 4.95. The highest BCUT2D eigenvalue weighted by Gasteiger charge is 2.22. The van der Waals surface area contributed by atoms with Crippen molar-refractivity contribution in [3.8, 4) is 0 Å². The van der Waals surface area contributed by atoms with Crippen molar-refractivity contribution in [3.05, 3.63) is 46.4 Å². The van der Waals surface area contributed by atoms with Crippen molar-refractivity contribution in [1.29, 1.82) is 0 Å². The maximum Gasteiger partial charge on any atom is 0.377 e. The van der Waals surface area contributed by atoms with Crippen LogP contribution in [0.25, 0.3) is 5.57 Å². The minimum Gasteiger partial charge on any atom is -0.460 e. The Morgan fingerprint density at radius 1 is 1.30 bits per heavy atom. The standard InChI is InChI=1S/C19H25NO3/c1-7-22-18(21)17-11-16(20-23-17)15-10-14(19(4,5)6)9-12(2)8-13(15)3/h8,10-11H,7,9H2,1-6H3. The molecule has 0 aliphatic heterocycles. The van der Waals surface area contributed by atoms with Gasteiger partial charge in [-0.1, -0.05) is 49.2 Å². The van der Waals surface area contributed by atoms with Crippen molar-refractivity contribution in [2.24, 2.45) is 5.41 Å². The van der Waals surface area contributed by atoms with Crippen LogP contribution in [-0.2, 0) is 4.74 Å². The highest BCUT2D eigenvalue weighted by atomic mass is 16.6. The molecule has 0 saturated carbocycles. The van der Waals surface area contributed by atoms with E-state index in [0.29, 0.717) is 12.3 Å². The molecule has 1 aromatic heterocycles. The fourth-order valence-corrected chi connectivity index (χ4v) is 2.60. The molecule has 23 heavy (non-hydrogen) atoms. The summed E-state index contributed by atoms with van der Waals surface area (Å²) in [6.45, 7) is 12.9. The van der Waals surface area contributed by atoms with Gasteiger partial charge in [0.15, 0.2) is 0 Å². The van der Waals surface area contributed by atoms with Crippen LogP contribution in [0.15, 0.2) is 39.5 Å². The maximum absolute atomic E-state index is 11.8. The lowest BCUT2D eigenvalue weighted by Crippen LogP contribution is -2.09. The average molecular weight is 315 g/mol. The van der Waals surface area contributed by atoms with Crippen LogP contribution >= 0.6 is 0 Å². The van der Waals surface area contributed by atoms with E-state index in [1.54, 1.807) is 13.0 Å². The third kappa shape index (κ3) is 4.01. The summed E-state index contributed by atoms with van der Waals surface area (Å²) in [6, 6.07) is 1.65. The van der Waals surface area contributed by atoms with Gasteiger partial charge in [0.1, 0.15) is 5.69 Å². The van der Waals surface area contributed by atoms with E-state index in [-0.39, 0.29) is 11.2 Å². The summed E-state index contributed by atoms with van der Waals surface area (Å²) in [5.41, 5.74) is 5.49. The molecular formula is C19H25NO3. The molecule has 0 radical (unpaired) electrons. The van der Waals surface area contributed by atoms with E-state index < -0.39 is 5.97 Å². The first kappa shape index (κ1) is 17.3. The lowest BCUT2D eigenvalue weighted by atomic mass is 9.82. The minimum absolute atomic E-state index is 0.0681. The Labute approximate surface area is 137 Å². The number of allylic oxidation sites excluding steroid dienone is 6. The second-order valence-electron chi connectivity index (χ2n) is 6.98. The normalized spacial score (nSPS) is 15.9. The Balaban J connectivity index is 2.47. The largest absolute Gasteiger partial charge is 0.460 e. The van der Waals surface area contributed by atoms with Gasteiger partial charge in [0.05, 0.1) is 6.61 Å². The first-order valence-corrected chi connectivity index (χ1v) is 7.95. The van der Waals surface area contributed by atoms with E-state index in [1.807, 2.05) is 0 Å². The SMILES string of the molecule is CCOC(=O)c1cc(C2=C(C)C=C(C)CC(C(C)(C)C)=C2)no1. The molecule has 0 saturated heterocycles. The minimum atomic E-state index is -0.482. The van der Waals surface area contributed by atoms with Gasteiger partial charge in [-0.3, -0.25) is 0 Å². The highest BCUT2D eigenvalue weighted by molar-refractivity contribution is 5.88. The van der Waals surface area contributed by atoms with E-state index in [0.717, 1.165) is 17.6 Å². The second kappa shape index (κ2) is 6.57. The Kier molecular flexibility index (Phi) is 4.93. The molecule has 1 aliphatic rings. The fraction of sp³-hybridized carbons (Fsp3) is 0.474. The smallest absolute Gasteiger partial charge is 0.377 e. The van der Waals surface area contributed by atoms with Gasteiger partial charge < -0.3 is 9.26 Å². The molecule has 2 rings (SSSR count). The molecule has 0 fully saturated rings. The lowest BCUT2D eigenvalue weighted by Gasteiger charge is -2.23. The van der Waals surface area contributed by atoms with Crippen molar-refractivity contribution >= 4 is 11.5 Å². The first-order valence-electron chi connectivity index (χ1n) is 7.95. The molecule has 4 heteroatoms. The monoisotopic (exact) mass is 315 g/mol. The van der Waals surface area contributed by atoms with Crippen LogP contribution in [0.1, 0.15) is 64.2 Å². The number of aromatic nitrogens is 1. The summed E-state index contributed by atoms with van der Waals surface area (Å²) in [5, 5.41) is 4.07. The Morgan fingerprint density at radius 3 is 2.61 bits per heavy atom. The maximum atomic E-state index is 11.8. The number of hydrogen-bond donors (Lipinski definition) is 0. The summed E-state index contributed by atoms with van der Waals surface area (Å²) >= 11 is 0. The third-order valence-electron chi connectivity index (χ3n) is 3.90. The summed E-state index contributed by atoms with van der Waals surface area (Å²) < 4.78 is 10.1. The van der Waals surface area contributed by atoms with Crippen LogP contribution in [-0.4, -0.2) is 17.7 Å². The number of rotatable bonds is 3. The molecule has 1 heterocycles. The second-order valence-corrected chi connectivity index (χ2v) is 6.98. The van der Waals surface area contributed by atoms with Crippen LogP contribution in [0, 0.1) is 5.41 Å². The summed E-state index contributed by atoms with van der Waals surface area (Å²) in [6.07, 6.45) is 5.28. The molecule has 4 nitrogen and oxygen atoms in total. The van der Waals surface area contributed by atoms with Crippen LogP contribution in [0.2, 0.25) is 0 Å². The number of carbonyl (C=O) groups excluding carboxylic acids is 1. The van der Waals surface area contributed by atoms with Gasteiger partial charge in [0.2, 0.25) is 5.76 Å². The molecule has 0 bridgehead atoms. The zero-order valence-corrected chi connectivity index (χ0v) is 14.8. The summed E-state index contributed by atoms with van der Waals surface area (Å²) in [5.74, 6) is -0.345. The van der Waals surface area contributed by atoms with Gasteiger partial charge >= 0.3 is 5.97 Å². The van der Waals surface area contributed by atoms with E-state index in [2.05, 4.69) is 51.9 Å². The van der Waals surface area contributed by atoms with Crippen LogP contribution in [0.4, 0.5) is 0 Å². The molecule has 124 valence electrons. The van der Waals surface area contributed by atoms with Crippen molar-refractivity contribution in [1.82, 2.24) is 5.16 Å². The lowest BCUT2D eigenvalue weighted by molar-refractivity contribution is 0.0479. The van der Waals surface area contributed by atoms with E-state index in [4.69, 9.17) is 9.26 Å². The van der Waals surface area contributed by atoms with Gasteiger partial charge in [-0.2, -0.15) is 0 Å². The van der Waals surface area contributed by atoms with E-state index >= 15 is 0 Å². The number of carbonyl (C=O) groups is 1. The number of hydrogen-bond acceptors (Lipinski definition) is 4. The molecule has 0 spiro atoms. The molecule has 0 atom stereocenters. The molecule has 1 aliphatic carbocycles. The highest BCUT2D eigenvalue weighted by Crippen LogP contribution is 2.36. The Morgan fingerprint density at radius 2 is 2.00 bits per heavy atom. The summed E-state index contributed by atoms with van der Waals surface area (Å²) in [4.78, 5) is 11.8. The first-order chi connectivity index (χ1) is 10.7. The molecular weight excluding hydrogens is 290 g/mol. The molecule has 0 amide bonds. The van der Waals surface area contributed by atoms with Crippen molar-refractivity contribution in [3.63, 3.8) is 0 Å². The molecule has 0 aromatic carbocycles. The van der Waals surface area contributed by atoms with Crippen LogP contribution in [0.3, 0.4) is 0 Å². The Hall–Kier alpha value is -2.10. The van der Waals surface area contributed by atoms with Gasteiger partial charge in [-0.25, -0.2) is 4.79 Å². The van der Waals surface area contributed by atoms with E-state index in [1.165, 1.54) is 11.1 Å². The average Bonchev–Trinajstić information content (AvgIpc) is 2.85. The van der Waals surface area contributed by atoms with Crippen LogP contribution < -0.4 is 0 Å². The molecule has 0 unspecified atom stereocenters. The van der Waals surface area contributed by atoms with Gasteiger partial charge in [-0.15, -0.1) is 0 Å². The van der Waals surface area contributed by atoms with Crippen molar-refractivity contribution in [2.45, 2.75) is 48.0 Å². The zero-order valence-electron chi connectivity index (χ0n) is 14.8. The van der Waals surface area contributed by atoms with Crippen LogP contribution in [0.5, 0.6) is 0 Å². The third-order valence-corrected chi connectivity index (χ3v) is 3.90.